The number of benzene rings is 2. The number of amides is 2. The van der Waals surface area contributed by atoms with Crippen molar-refractivity contribution in [2.24, 2.45) is 0 Å². The molecule has 1 fully saturated rings. The van der Waals surface area contributed by atoms with E-state index in [2.05, 4.69) is 30.8 Å². The Balaban J connectivity index is 0.000000400. The molecule has 2 amide bonds. The maximum atomic E-state index is 12.6. The monoisotopic (exact) mass is 655 g/mol. The molecule has 238 valence electrons. The average molecular weight is 656 g/mol. The summed E-state index contributed by atoms with van der Waals surface area (Å²) in [5.74, 6) is -2.05. The van der Waals surface area contributed by atoms with Crippen LogP contribution >= 0.6 is 11.6 Å². The molecule has 0 bridgehead atoms. The highest BCUT2D eigenvalue weighted by Crippen LogP contribution is 2.39. The fourth-order valence-corrected chi connectivity index (χ4v) is 4.93. The van der Waals surface area contributed by atoms with Gasteiger partial charge in [0.1, 0.15) is 24.0 Å². The Morgan fingerprint density at radius 3 is 2.28 bits per heavy atom. The number of alkyl halides is 3. The Kier molecular flexibility index (Phi) is 9.05. The predicted molar refractivity (Wildman–Crippen MR) is 158 cm³/mol. The Labute approximate surface area is 263 Å². The minimum absolute atomic E-state index is 0.109. The van der Waals surface area contributed by atoms with Crippen molar-refractivity contribution in [3.8, 4) is 17.3 Å². The summed E-state index contributed by atoms with van der Waals surface area (Å²) in [6.45, 7) is 1.83. The molecule has 0 aliphatic heterocycles. The number of rotatable bonds is 8. The van der Waals surface area contributed by atoms with Crippen LogP contribution in [-0.2, 0) is 16.1 Å². The molecule has 0 spiro atoms. The van der Waals surface area contributed by atoms with Crippen LogP contribution < -0.4 is 10.6 Å². The molecule has 12 nitrogen and oxygen atoms in total. The van der Waals surface area contributed by atoms with E-state index in [1.54, 1.807) is 6.92 Å². The van der Waals surface area contributed by atoms with Crippen molar-refractivity contribution < 1.29 is 37.1 Å². The molecule has 1 aliphatic carbocycles. The molecule has 16 heteroatoms. The first-order chi connectivity index (χ1) is 21.9. The normalized spacial score (nSPS) is 13.4. The van der Waals surface area contributed by atoms with Crippen molar-refractivity contribution in [2.75, 3.05) is 0 Å². The van der Waals surface area contributed by atoms with Crippen LogP contribution in [-0.4, -0.2) is 59.3 Å². The third-order valence-electron chi connectivity index (χ3n) is 6.92. The predicted octanol–water partition coefficient (Wildman–Crippen LogP) is 5.03. The van der Waals surface area contributed by atoms with E-state index in [0.717, 1.165) is 22.2 Å². The number of aryl methyl sites for hydroxylation is 1. The number of hydrogen-bond donors (Lipinski definition) is 3. The Morgan fingerprint density at radius 1 is 1.04 bits per heavy atom. The topological polar surface area (TPSA) is 165 Å². The maximum absolute atomic E-state index is 12.6. The van der Waals surface area contributed by atoms with E-state index in [0.29, 0.717) is 29.4 Å². The molecule has 6 rings (SSSR count). The van der Waals surface area contributed by atoms with Crippen LogP contribution in [0.5, 0.6) is 0 Å². The van der Waals surface area contributed by atoms with Gasteiger partial charge in [-0.25, -0.2) is 14.8 Å². The zero-order chi connectivity index (χ0) is 33.1. The van der Waals surface area contributed by atoms with Gasteiger partial charge in [0.15, 0.2) is 0 Å². The minimum Gasteiger partial charge on any atom is -0.478 e. The third kappa shape index (κ3) is 7.31. The molecule has 0 unspecified atom stereocenters. The van der Waals surface area contributed by atoms with Gasteiger partial charge in [0.05, 0.1) is 16.1 Å². The number of aromatic carboxylic acids is 1. The molecule has 0 saturated heterocycles. The number of fused-ring (bicyclic) bond motifs is 1. The third-order valence-corrected chi connectivity index (χ3v) is 7.30. The lowest BCUT2D eigenvalue weighted by Gasteiger charge is -2.18. The van der Waals surface area contributed by atoms with Gasteiger partial charge in [-0.1, -0.05) is 41.9 Å². The number of carboxylic acid groups (broad SMARTS) is 1. The minimum atomic E-state index is -4.63. The highest BCUT2D eigenvalue weighted by molar-refractivity contribution is 6.38. The van der Waals surface area contributed by atoms with E-state index in [1.165, 1.54) is 18.7 Å². The average Bonchev–Trinajstić information content (AvgIpc) is 3.58. The van der Waals surface area contributed by atoms with Crippen molar-refractivity contribution in [3.63, 3.8) is 0 Å². The summed E-state index contributed by atoms with van der Waals surface area (Å²) in [5, 5.41) is 22.6. The summed E-state index contributed by atoms with van der Waals surface area (Å²) < 4.78 is 44.9. The summed E-state index contributed by atoms with van der Waals surface area (Å²) in [6, 6.07) is 14.9. The van der Waals surface area contributed by atoms with Crippen molar-refractivity contribution in [1.82, 2.24) is 35.4 Å². The second-order valence-electron chi connectivity index (χ2n) is 10.3. The van der Waals surface area contributed by atoms with Crippen molar-refractivity contribution in [3.05, 3.63) is 89.3 Å². The van der Waals surface area contributed by atoms with E-state index in [9.17, 15) is 27.6 Å². The molecule has 3 heterocycles. The summed E-state index contributed by atoms with van der Waals surface area (Å²) >= 11 is 6.70. The largest absolute Gasteiger partial charge is 0.478 e. The van der Waals surface area contributed by atoms with E-state index in [1.807, 2.05) is 53.1 Å². The van der Waals surface area contributed by atoms with Crippen molar-refractivity contribution in [2.45, 2.75) is 44.4 Å². The Bertz CT molecular complexity index is 1890. The lowest BCUT2D eigenvalue weighted by atomic mass is 10.1. The summed E-state index contributed by atoms with van der Waals surface area (Å²) in [7, 11) is 0. The van der Waals surface area contributed by atoms with E-state index < -0.39 is 35.9 Å². The summed E-state index contributed by atoms with van der Waals surface area (Å²) in [6.07, 6.45) is -1.89. The van der Waals surface area contributed by atoms with Crippen LogP contribution in [0.25, 0.3) is 28.2 Å². The first-order valence-electron chi connectivity index (χ1n) is 13.7. The molecule has 1 aliphatic rings. The fraction of sp³-hybridized carbons (Fsp3) is 0.233. The van der Waals surface area contributed by atoms with Gasteiger partial charge >= 0.3 is 12.1 Å². The highest BCUT2D eigenvalue weighted by Gasteiger charge is 2.51. The number of para-hydroxylation sites is 1. The molecule has 0 atom stereocenters. The lowest BCUT2D eigenvalue weighted by molar-refractivity contribution is -0.155. The molecule has 3 aromatic heterocycles. The molecular weight excluding hydrogens is 631 g/mol. The van der Waals surface area contributed by atoms with Crippen LogP contribution in [0, 0.1) is 6.92 Å². The first kappa shape index (κ1) is 32.1. The second-order valence-corrected chi connectivity index (χ2v) is 10.7. The van der Waals surface area contributed by atoms with Crippen molar-refractivity contribution in [1.29, 1.82) is 0 Å². The quantitative estimate of drug-likeness (QED) is 0.208. The number of carbonyl (C=O) groups excluding carboxylic acids is 2. The van der Waals surface area contributed by atoms with Crippen LogP contribution in [0.1, 0.15) is 41.1 Å². The SMILES string of the molecule is Cc1nnc(-c2c(Cl)c3ccccc3n2-c2ccc(CNC(=O)C3(NC(=O)CC(F)(F)F)CC3)cc2)o1.O=C(O)c1cncnc1. The van der Waals surface area contributed by atoms with Gasteiger partial charge in [-0.3, -0.25) is 9.59 Å². The Morgan fingerprint density at radius 2 is 1.72 bits per heavy atom. The number of aromatic nitrogens is 5. The molecule has 3 N–H and O–H groups in total. The zero-order valence-corrected chi connectivity index (χ0v) is 24.8. The smallest absolute Gasteiger partial charge is 0.397 e. The zero-order valence-electron chi connectivity index (χ0n) is 24.0. The number of carboxylic acids is 1. The second kappa shape index (κ2) is 13.0. The van der Waals surface area contributed by atoms with Gasteiger partial charge in [0.2, 0.25) is 17.7 Å². The van der Waals surface area contributed by atoms with E-state index in [-0.39, 0.29) is 18.0 Å². The molecule has 5 aromatic rings. The molecule has 0 radical (unpaired) electrons. The van der Waals surface area contributed by atoms with Gasteiger partial charge in [0, 0.05) is 36.9 Å². The van der Waals surface area contributed by atoms with E-state index in [4.69, 9.17) is 21.1 Å². The number of carbonyl (C=O) groups is 3. The van der Waals surface area contributed by atoms with Crippen LogP contribution in [0.15, 0.2) is 71.7 Å². The fourth-order valence-electron chi connectivity index (χ4n) is 4.60. The maximum Gasteiger partial charge on any atom is 0.397 e. The van der Waals surface area contributed by atoms with Gasteiger partial charge in [-0.2, -0.15) is 13.2 Å². The van der Waals surface area contributed by atoms with Crippen molar-refractivity contribution >= 4 is 40.3 Å². The molecule has 2 aromatic carbocycles. The van der Waals surface area contributed by atoms with Gasteiger partial charge in [-0.15, -0.1) is 10.2 Å². The van der Waals surface area contributed by atoms with Gasteiger partial charge in [0.25, 0.3) is 5.89 Å². The van der Waals surface area contributed by atoms with Gasteiger partial charge in [-0.05, 0) is 36.6 Å². The van der Waals surface area contributed by atoms with Gasteiger partial charge < -0.3 is 24.7 Å². The Hall–Kier alpha value is -5.31. The lowest BCUT2D eigenvalue weighted by Crippen LogP contribution is -2.49. The first-order valence-corrected chi connectivity index (χ1v) is 14.1. The molecule has 1 saturated carbocycles. The highest BCUT2D eigenvalue weighted by atomic mass is 35.5. The molecule has 46 heavy (non-hydrogen) atoms. The standard InChI is InChI=1S/C25H21ClF3N5O3.C5H4N2O2/c1-14-32-33-22(37-14)21-20(26)17-4-2-3-5-18(17)34(21)16-8-6-15(7-9-16)13-30-23(36)24(10-11-24)31-19(35)12-25(27,28)29;8-5(9)4-1-6-3-7-2-4/h2-9H,10-13H2,1H3,(H,30,36)(H,31,35);1-3H,(H,8,9). The number of nitrogens with one attached hydrogen (secondary N) is 2. The summed E-state index contributed by atoms with van der Waals surface area (Å²) in [4.78, 5) is 41.4. The number of nitrogens with zero attached hydrogens (tertiary/aromatic N) is 5. The summed E-state index contributed by atoms with van der Waals surface area (Å²) in [5.41, 5.74) is 1.74. The number of hydrogen-bond acceptors (Lipinski definition) is 8. The van der Waals surface area contributed by atoms with Crippen LogP contribution in [0.3, 0.4) is 0 Å². The van der Waals surface area contributed by atoms with E-state index >= 15 is 0 Å². The van der Waals surface area contributed by atoms with Crippen LogP contribution in [0.4, 0.5) is 13.2 Å². The molecular formula is C30H25ClF3N7O5. The van der Waals surface area contributed by atoms with Crippen LogP contribution in [0.2, 0.25) is 5.02 Å². The number of halogens is 4.